The van der Waals surface area contributed by atoms with Crippen molar-refractivity contribution in [3.63, 3.8) is 0 Å². The van der Waals surface area contributed by atoms with E-state index in [2.05, 4.69) is 30.8 Å². The molecule has 0 aliphatic carbocycles. The fourth-order valence-electron chi connectivity index (χ4n) is 1.34. The fraction of sp³-hybridized carbons (Fsp3) is 0.100. The van der Waals surface area contributed by atoms with E-state index < -0.39 is 0 Å². The Morgan fingerprint density at radius 1 is 1.53 bits per heavy atom. The third kappa shape index (κ3) is 2.62. The summed E-state index contributed by atoms with van der Waals surface area (Å²) in [6.07, 6.45) is 0. The number of carbonyl (C=O) groups is 1. The summed E-state index contributed by atoms with van der Waals surface area (Å²) in [7, 11) is 0. The molecule has 0 spiro atoms. The quantitative estimate of drug-likeness (QED) is 0.835. The Labute approximate surface area is 110 Å². The predicted molar refractivity (Wildman–Crippen MR) is 71.2 cm³/mol. The third-order valence-electron chi connectivity index (χ3n) is 2.10. The molecular weight excluding hydrogens is 304 g/mol. The van der Waals surface area contributed by atoms with Crippen LogP contribution in [-0.4, -0.2) is 15.5 Å². The largest absolute Gasteiger partial charge is 0.397 e. The summed E-state index contributed by atoms with van der Waals surface area (Å²) >= 11 is 4.49. The van der Waals surface area contributed by atoms with Gasteiger partial charge in [0.25, 0.3) is 5.91 Å². The van der Waals surface area contributed by atoms with E-state index in [1.165, 1.54) is 0 Å². The average Bonchev–Trinajstić information content (AvgIpc) is 2.76. The molecular formula is C10H9BrN4OS. The molecule has 0 atom stereocenters. The number of aryl methyl sites for hydroxylation is 1. The molecule has 88 valence electrons. The second-order valence-corrected chi connectivity index (χ2v) is 4.92. The average molecular weight is 313 g/mol. The van der Waals surface area contributed by atoms with E-state index in [0.717, 1.165) is 21.6 Å². The van der Waals surface area contributed by atoms with Crippen molar-refractivity contribution < 1.29 is 4.79 Å². The monoisotopic (exact) mass is 312 g/mol. The van der Waals surface area contributed by atoms with Crippen LogP contribution < -0.4 is 11.1 Å². The maximum absolute atomic E-state index is 11.8. The van der Waals surface area contributed by atoms with Crippen LogP contribution in [0.1, 0.15) is 16.1 Å². The van der Waals surface area contributed by atoms with Crippen molar-refractivity contribution in [2.24, 2.45) is 0 Å². The van der Waals surface area contributed by atoms with Gasteiger partial charge >= 0.3 is 0 Å². The van der Waals surface area contributed by atoms with Gasteiger partial charge in [-0.25, -0.2) is 0 Å². The predicted octanol–water partition coefficient (Wildman–Crippen LogP) is 2.44. The van der Waals surface area contributed by atoms with Gasteiger partial charge in [0, 0.05) is 9.85 Å². The SMILES string of the molecule is Cc1cc(N)c(NC(=O)c2csnn2)c(Br)c1. The number of nitrogen functional groups attached to an aromatic ring is 1. The van der Waals surface area contributed by atoms with Gasteiger partial charge in [-0.2, -0.15) is 0 Å². The number of aromatic nitrogens is 2. The van der Waals surface area contributed by atoms with E-state index in [-0.39, 0.29) is 11.6 Å². The Hall–Kier alpha value is -1.47. The summed E-state index contributed by atoms with van der Waals surface area (Å²) < 4.78 is 4.37. The van der Waals surface area contributed by atoms with Crippen molar-refractivity contribution in [3.8, 4) is 0 Å². The first-order valence-electron chi connectivity index (χ1n) is 4.72. The number of nitrogens with two attached hydrogens (primary N) is 1. The number of anilines is 2. The van der Waals surface area contributed by atoms with Crippen LogP contribution in [0.4, 0.5) is 11.4 Å². The molecule has 0 bridgehead atoms. The van der Waals surface area contributed by atoms with Crippen molar-refractivity contribution in [2.45, 2.75) is 6.92 Å². The lowest BCUT2D eigenvalue weighted by Crippen LogP contribution is -2.14. The smallest absolute Gasteiger partial charge is 0.277 e. The number of carbonyl (C=O) groups excluding carboxylic acids is 1. The normalized spacial score (nSPS) is 10.2. The maximum Gasteiger partial charge on any atom is 0.277 e. The zero-order valence-corrected chi connectivity index (χ0v) is 11.3. The Morgan fingerprint density at radius 3 is 2.88 bits per heavy atom. The van der Waals surface area contributed by atoms with Crippen molar-refractivity contribution >= 4 is 44.7 Å². The maximum atomic E-state index is 11.8. The first-order chi connectivity index (χ1) is 8.08. The molecule has 17 heavy (non-hydrogen) atoms. The zero-order chi connectivity index (χ0) is 12.4. The van der Waals surface area contributed by atoms with Crippen LogP contribution in [0.5, 0.6) is 0 Å². The number of nitrogens with zero attached hydrogens (tertiary/aromatic N) is 2. The molecule has 1 amide bonds. The Bertz CT molecular complexity index is 532. The third-order valence-corrected chi connectivity index (χ3v) is 3.23. The van der Waals surface area contributed by atoms with E-state index >= 15 is 0 Å². The topological polar surface area (TPSA) is 80.9 Å². The number of halogens is 1. The standard InChI is InChI=1S/C10H9BrN4OS/c1-5-2-6(11)9(7(12)3-5)13-10(16)8-4-17-15-14-8/h2-4H,12H2,1H3,(H,13,16). The molecule has 0 aliphatic rings. The lowest BCUT2D eigenvalue weighted by atomic mass is 10.2. The van der Waals surface area contributed by atoms with Gasteiger partial charge in [0.15, 0.2) is 5.69 Å². The summed E-state index contributed by atoms with van der Waals surface area (Å²) in [5.41, 5.74) is 8.20. The van der Waals surface area contributed by atoms with Crippen LogP contribution in [-0.2, 0) is 0 Å². The first kappa shape index (κ1) is 12.0. The van der Waals surface area contributed by atoms with Crippen molar-refractivity contribution in [1.29, 1.82) is 0 Å². The Kier molecular flexibility index (Phi) is 3.39. The van der Waals surface area contributed by atoms with Crippen molar-refractivity contribution in [1.82, 2.24) is 9.59 Å². The van der Waals surface area contributed by atoms with Gasteiger partial charge in [-0.1, -0.05) is 4.49 Å². The molecule has 0 fully saturated rings. The minimum atomic E-state index is -0.324. The number of nitrogens with one attached hydrogen (secondary N) is 1. The van der Waals surface area contributed by atoms with Gasteiger partial charge in [-0.15, -0.1) is 5.10 Å². The summed E-state index contributed by atoms with van der Waals surface area (Å²) in [4.78, 5) is 11.8. The summed E-state index contributed by atoms with van der Waals surface area (Å²) in [5.74, 6) is -0.324. The molecule has 0 aliphatic heterocycles. The molecule has 0 saturated carbocycles. The molecule has 1 aromatic heterocycles. The Morgan fingerprint density at radius 2 is 2.29 bits per heavy atom. The van der Waals surface area contributed by atoms with Gasteiger partial charge in [0.05, 0.1) is 11.4 Å². The fourth-order valence-corrected chi connectivity index (χ4v) is 2.47. The molecule has 0 unspecified atom stereocenters. The van der Waals surface area contributed by atoms with E-state index in [4.69, 9.17) is 5.73 Å². The molecule has 2 aromatic rings. The van der Waals surface area contributed by atoms with E-state index in [1.54, 1.807) is 11.4 Å². The summed E-state index contributed by atoms with van der Waals surface area (Å²) in [6.45, 7) is 1.93. The minimum absolute atomic E-state index is 0.280. The number of amides is 1. The van der Waals surface area contributed by atoms with Crippen LogP contribution in [0.3, 0.4) is 0 Å². The number of hydrogen-bond acceptors (Lipinski definition) is 5. The lowest BCUT2D eigenvalue weighted by molar-refractivity contribution is 0.102. The second-order valence-electron chi connectivity index (χ2n) is 3.46. The highest BCUT2D eigenvalue weighted by molar-refractivity contribution is 9.10. The van der Waals surface area contributed by atoms with Crippen LogP contribution in [0.15, 0.2) is 22.0 Å². The van der Waals surface area contributed by atoms with Gasteiger partial charge in [0.2, 0.25) is 0 Å². The van der Waals surface area contributed by atoms with Gasteiger partial charge in [-0.05, 0) is 52.1 Å². The van der Waals surface area contributed by atoms with E-state index in [9.17, 15) is 4.79 Å². The number of benzene rings is 1. The van der Waals surface area contributed by atoms with E-state index in [0.29, 0.717) is 11.4 Å². The molecule has 7 heteroatoms. The first-order valence-corrected chi connectivity index (χ1v) is 6.35. The molecule has 5 nitrogen and oxygen atoms in total. The molecule has 1 aromatic carbocycles. The molecule has 0 saturated heterocycles. The van der Waals surface area contributed by atoms with Crippen LogP contribution in [0, 0.1) is 6.92 Å². The summed E-state index contributed by atoms with van der Waals surface area (Å²) in [6, 6.07) is 3.67. The van der Waals surface area contributed by atoms with Gasteiger partial charge in [0.1, 0.15) is 0 Å². The lowest BCUT2D eigenvalue weighted by Gasteiger charge is -2.10. The minimum Gasteiger partial charge on any atom is -0.397 e. The number of hydrogen-bond donors (Lipinski definition) is 2. The molecule has 3 N–H and O–H groups in total. The molecule has 0 radical (unpaired) electrons. The van der Waals surface area contributed by atoms with Gasteiger partial charge < -0.3 is 11.1 Å². The van der Waals surface area contributed by atoms with Crippen LogP contribution in [0.25, 0.3) is 0 Å². The highest BCUT2D eigenvalue weighted by Crippen LogP contribution is 2.30. The highest BCUT2D eigenvalue weighted by atomic mass is 79.9. The second kappa shape index (κ2) is 4.80. The van der Waals surface area contributed by atoms with Crippen LogP contribution in [0.2, 0.25) is 0 Å². The molecule has 2 rings (SSSR count). The van der Waals surface area contributed by atoms with E-state index in [1.807, 2.05) is 13.0 Å². The van der Waals surface area contributed by atoms with Crippen LogP contribution >= 0.6 is 27.5 Å². The highest BCUT2D eigenvalue weighted by Gasteiger charge is 2.13. The summed E-state index contributed by atoms with van der Waals surface area (Å²) in [5, 5.41) is 7.97. The number of rotatable bonds is 2. The Balaban J connectivity index is 2.28. The zero-order valence-electron chi connectivity index (χ0n) is 8.90. The van der Waals surface area contributed by atoms with Crippen molar-refractivity contribution in [2.75, 3.05) is 11.1 Å². The van der Waals surface area contributed by atoms with Crippen molar-refractivity contribution in [3.05, 3.63) is 33.2 Å². The van der Waals surface area contributed by atoms with Gasteiger partial charge in [-0.3, -0.25) is 4.79 Å². The molecule has 1 heterocycles.